The SMILES string of the molecule is O=C(O)C1CCCN1.O=C(O)c1ccccc1O. The molecule has 1 heterocycles. The molecule has 1 atom stereocenters. The van der Waals surface area contributed by atoms with Crippen molar-refractivity contribution in [3.63, 3.8) is 0 Å². The van der Waals surface area contributed by atoms with Gasteiger partial charge < -0.3 is 20.6 Å². The Kier molecular flexibility index (Phi) is 5.13. The van der Waals surface area contributed by atoms with Gasteiger partial charge in [0.1, 0.15) is 17.4 Å². The molecule has 1 aromatic carbocycles. The lowest BCUT2D eigenvalue weighted by molar-refractivity contribution is -0.139. The van der Waals surface area contributed by atoms with Crippen LogP contribution in [0.25, 0.3) is 0 Å². The Morgan fingerprint density at radius 3 is 2.22 bits per heavy atom. The number of carboxylic acid groups (broad SMARTS) is 2. The number of para-hydroxylation sites is 1. The molecule has 0 amide bonds. The van der Waals surface area contributed by atoms with Crippen LogP contribution in [0.2, 0.25) is 0 Å². The minimum atomic E-state index is -1.11. The summed E-state index contributed by atoms with van der Waals surface area (Å²) in [5, 5.41) is 28.5. The number of carboxylic acids is 2. The highest BCUT2D eigenvalue weighted by atomic mass is 16.4. The summed E-state index contributed by atoms with van der Waals surface area (Å²) in [6.07, 6.45) is 1.78. The molecule has 98 valence electrons. The van der Waals surface area contributed by atoms with Gasteiger partial charge in [-0.2, -0.15) is 0 Å². The molecule has 0 radical (unpaired) electrons. The van der Waals surface area contributed by atoms with E-state index in [1.165, 1.54) is 12.1 Å². The molecule has 0 aromatic heterocycles. The topological polar surface area (TPSA) is 107 Å². The molecule has 0 bridgehead atoms. The Balaban J connectivity index is 0.000000184. The van der Waals surface area contributed by atoms with Crippen molar-refractivity contribution in [2.45, 2.75) is 18.9 Å². The van der Waals surface area contributed by atoms with Crippen LogP contribution in [-0.4, -0.2) is 39.8 Å². The standard InChI is InChI=1S/C7H6O3.C5H9NO2/c8-6-4-2-1-3-5(6)7(9)10;7-5(8)4-2-1-3-6-4/h1-4,8H,(H,9,10);4,6H,1-3H2,(H,7,8). The largest absolute Gasteiger partial charge is 0.507 e. The molecular weight excluding hydrogens is 238 g/mol. The maximum absolute atomic E-state index is 10.3. The number of aromatic carboxylic acids is 1. The summed E-state index contributed by atoms with van der Waals surface area (Å²) < 4.78 is 0. The molecule has 1 unspecified atom stereocenters. The highest BCUT2D eigenvalue weighted by Gasteiger charge is 2.20. The minimum absolute atomic E-state index is 0.0671. The summed E-state index contributed by atoms with van der Waals surface area (Å²) in [6.45, 7) is 0.858. The molecule has 18 heavy (non-hydrogen) atoms. The van der Waals surface area contributed by atoms with E-state index in [2.05, 4.69) is 5.32 Å². The number of nitrogens with one attached hydrogen (secondary N) is 1. The van der Waals surface area contributed by atoms with E-state index < -0.39 is 11.9 Å². The predicted molar refractivity (Wildman–Crippen MR) is 63.7 cm³/mol. The Hall–Kier alpha value is -2.08. The second kappa shape index (κ2) is 6.61. The zero-order chi connectivity index (χ0) is 13.5. The van der Waals surface area contributed by atoms with Crippen molar-refractivity contribution < 1.29 is 24.9 Å². The van der Waals surface area contributed by atoms with Crippen molar-refractivity contribution in [2.75, 3.05) is 6.54 Å². The lowest BCUT2D eigenvalue weighted by atomic mass is 10.2. The zero-order valence-electron chi connectivity index (χ0n) is 9.67. The van der Waals surface area contributed by atoms with Crippen molar-refractivity contribution in [1.82, 2.24) is 5.32 Å². The number of benzene rings is 1. The molecule has 6 heteroatoms. The van der Waals surface area contributed by atoms with E-state index >= 15 is 0 Å². The number of phenols is 1. The highest BCUT2D eigenvalue weighted by molar-refractivity contribution is 5.90. The average Bonchev–Trinajstić information content (AvgIpc) is 2.83. The van der Waals surface area contributed by atoms with Crippen molar-refractivity contribution in [3.05, 3.63) is 29.8 Å². The predicted octanol–water partition coefficient (Wildman–Crippen LogP) is 0.913. The summed E-state index contributed by atoms with van der Waals surface area (Å²) in [5.74, 6) is -2.03. The number of hydrogen-bond donors (Lipinski definition) is 4. The molecule has 0 spiro atoms. The van der Waals surface area contributed by atoms with Crippen LogP contribution in [0.1, 0.15) is 23.2 Å². The van der Waals surface area contributed by atoms with E-state index in [4.69, 9.17) is 15.3 Å². The number of rotatable bonds is 2. The fourth-order valence-corrected chi connectivity index (χ4v) is 1.55. The van der Waals surface area contributed by atoms with Crippen molar-refractivity contribution in [2.24, 2.45) is 0 Å². The first-order chi connectivity index (χ1) is 8.52. The van der Waals surface area contributed by atoms with Crippen molar-refractivity contribution in [3.8, 4) is 5.75 Å². The van der Waals surface area contributed by atoms with E-state index in [1.807, 2.05) is 0 Å². The summed E-state index contributed by atoms with van der Waals surface area (Å²) >= 11 is 0. The Morgan fingerprint density at radius 2 is 1.89 bits per heavy atom. The van der Waals surface area contributed by atoms with Gasteiger partial charge in [-0.25, -0.2) is 4.79 Å². The van der Waals surface area contributed by atoms with Gasteiger partial charge in [-0.15, -0.1) is 0 Å². The molecular formula is C12H15NO5. The smallest absolute Gasteiger partial charge is 0.339 e. The molecule has 0 aliphatic carbocycles. The Labute approximate surface area is 104 Å². The average molecular weight is 253 g/mol. The minimum Gasteiger partial charge on any atom is -0.507 e. The Morgan fingerprint density at radius 1 is 1.22 bits per heavy atom. The Bertz CT molecular complexity index is 426. The van der Waals surface area contributed by atoms with Crippen molar-refractivity contribution in [1.29, 1.82) is 0 Å². The van der Waals surface area contributed by atoms with Gasteiger partial charge in [0.2, 0.25) is 0 Å². The number of aromatic hydroxyl groups is 1. The van der Waals surface area contributed by atoms with E-state index in [-0.39, 0.29) is 17.4 Å². The van der Waals surface area contributed by atoms with Gasteiger partial charge in [0, 0.05) is 0 Å². The number of carbonyl (C=O) groups is 2. The fraction of sp³-hybridized carbons (Fsp3) is 0.333. The maximum Gasteiger partial charge on any atom is 0.339 e. The summed E-state index contributed by atoms with van der Waals surface area (Å²) in [5.41, 5.74) is -0.0671. The van der Waals surface area contributed by atoms with Gasteiger partial charge >= 0.3 is 11.9 Å². The van der Waals surface area contributed by atoms with Crippen LogP contribution in [0, 0.1) is 0 Å². The highest BCUT2D eigenvalue weighted by Crippen LogP contribution is 2.14. The van der Waals surface area contributed by atoms with E-state index in [0.29, 0.717) is 0 Å². The molecule has 6 nitrogen and oxygen atoms in total. The van der Waals surface area contributed by atoms with Crippen molar-refractivity contribution >= 4 is 11.9 Å². The van der Waals surface area contributed by atoms with Gasteiger partial charge in [0.25, 0.3) is 0 Å². The molecule has 0 saturated carbocycles. The first-order valence-electron chi connectivity index (χ1n) is 5.50. The lowest BCUT2D eigenvalue weighted by Crippen LogP contribution is -2.29. The van der Waals surface area contributed by atoms with Gasteiger partial charge in [0.05, 0.1) is 0 Å². The van der Waals surface area contributed by atoms with Gasteiger partial charge in [-0.3, -0.25) is 4.79 Å². The van der Waals surface area contributed by atoms with Crippen LogP contribution in [0.5, 0.6) is 5.75 Å². The normalized spacial score (nSPS) is 17.7. The van der Waals surface area contributed by atoms with E-state index in [9.17, 15) is 9.59 Å². The first kappa shape index (κ1) is 14.0. The molecule has 1 aliphatic heterocycles. The molecule has 2 rings (SSSR count). The number of aliphatic carboxylic acids is 1. The van der Waals surface area contributed by atoms with Crippen LogP contribution in [0.4, 0.5) is 0 Å². The third kappa shape index (κ3) is 4.06. The molecule has 4 N–H and O–H groups in total. The second-order valence-corrected chi connectivity index (χ2v) is 3.81. The third-order valence-electron chi connectivity index (χ3n) is 2.49. The van der Waals surface area contributed by atoms with Crippen LogP contribution >= 0.6 is 0 Å². The van der Waals surface area contributed by atoms with Crippen LogP contribution < -0.4 is 5.32 Å². The van der Waals surface area contributed by atoms with Gasteiger partial charge in [-0.05, 0) is 31.5 Å². The summed E-state index contributed by atoms with van der Waals surface area (Å²) in [6, 6.07) is 5.54. The van der Waals surface area contributed by atoms with E-state index in [0.717, 1.165) is 19.4 Å². The quantitative estimate of drug-likeness (QED) is 0.624. The van der Waals surface area contributed by atoms with Crippen LogP contribution in [0.15, 0.2) is 24.3 Å². The zero-order valence-corrected chi connectivity index (χ0v) is 9.67. The lowest BCUT2D eigenvalue weighted by Gasteiger charge is -1.99. The molecule has 1 saturated heterocycles. The first-order valence-corrected chi connectivity index (χ1v) is 5.50. The second-order valence-electron chi connectivity index (χ2n) is 3.81. The fourth-order valence-electron chi connectivity index (χ4n) is 1.55. The van der Waals surface area contributed by atoms with E-state index in [1.54, 1.807) is 12.1 Å². The van der Waals surface area contributed by atoms with Crippen LogP contribution in [0.3, 0.4) is 0 Å². The third-order valence-corrected chi connectivity index (χ3v) is 2.49. The monoisotopic (exact) mass is 253 g/mol. The summed E-state index contributed by atoms with van der Waals surface area (Å²) in [7, 11) is 0. The maximum atomic E-state index is 10.3. The number of hydrogen-bond acceptors (Lipinski definition) is 4. The molecule has 1 aromatic rings. The molecule has 1 fully saturated rings. The van der Waals surface area contributed by atoms with Crippen LogP contribution in [-0.2, 0) is 4.79 Å². The van der Waals surface area contributed by atoms with Gasteiger partial charge in [0.15, 0.2) is 0 Å². The summed E-state index contributed by atoms with van der Waals surface area (Å²) in [4.78, 5) is 20.4. The van der Waals surface area contributed by atoms with Gasteiger partial charge in [-0.1, -0.05) is 12.1 Å². The molecule has 1 aliphatic rings.